The molecule has 2 heterocycles. The van der Waals surface area contributed by atoms with E-state index < -0.39 is 17.9 Å². The second-order valence-corrected chi connectivity index (χ2v) is 6.59. The van der Waals surface area contributed by atoms with E-state index >= 15 is 0 Å². The number of aromatic nitrogens is 2. The molecule has 0 spiro atoms. The summed E-state index contributed by atoms with van der Waals surface area (Å²) in [6.07, 6.45) is 1.57. The first-order chi connectivity index (χ1) is 12.6. The lowest BCUT2D eigenvalue weighted by Crippen LogP contribution is -2.36. The lowest BCUT2D eigenvalue weighted by Gasteiger charge is -2.16. The van der Waals surface area contributed by atoms with Crippen LogP contribution in [0.4, 0.5) is 0 Å². The van der Waals surface area contributed by atoms with Gasteiger partial charge < -0.3 is 10.1 Å². The quantitative estimate of drug-likeness (QED) is 0.668. The van der Waals surface area contributed by atoms with Crippen LogP contribution in [0.2, 0.25) is 0 Å². The summed E-state index contributed by atoms with van der Waals surface area (Å²) in [5, 5.41) is 9.91. The molecule has 0 saturated heterocycles. The Morgan fingerprint density at radius 3 is 2.81 bits per heavy atom. The Kier molecular flexibility index (Phi) is 5.43. The van der Waals surface area contributed by atoms with Crippen molar-refractivity contribution in [2.24, 2.45) is 0 Å². The molecule has 0 bridgehead atoms. The number of thiophene rings is 1. The van der Waals surface area contributed by atoms with Gasteiger partial charge in [-0.2, -0.15) is 5.10 Å². The standard InChI is InChI=1S/C18H17N3O4S/c1-25-17(23)9-14(15-7-4-8-26-15)20-16(22)11-21-18(24)13-6-3-2-5-12(13)10-19-21/h2-8,10,14H,9,11H2,1H3,(H,20,22). The van der Waals surface area contributed by atoms with E-state index in [9.17, 15) is 14.4 Å². The Balaban J connectivity index is 1.77. The number of hydrogen-bond acceptors (Lipinski definition) is 6. The van der Waals surface area contributed by atoms with Crippen molar-refractivity contribution < 1.29 is 14.3 Å². The Morgan fingerprint density at radius 2 is 2.08 bits per heavy atom. The predicted octanol–water partition coefficient (Wildman–Crippen LogP) is 1.88. The zero-order valence-corrected chi connectivity index (χ0v) is 14.9. The number of ether oxygens (including phenoxy) is 1. The molecule has 134 valence electrons. The number of rotatable bonds is 6. The zero-order valence-electron chi connectivity index (χ0n) is 14.0. The van der Waals surface area contributed by atoms with Gasteiger partial charge in [0.15, 0.2) is 0 Å². The normalized spacial score (nSPS) is 11.9. The Hall–Kier alpha value is -3.00. The van der Waals surface area contributed by atoms with E-state index in [4.69, 9.17) is 4.74 Å². The first-order valence-corrected chi connectivity index (χ1v) is 8.81. The molecule has 0 aliphatic carbocycles. The minimum atomic E-state index is -0.508. The third-order valence-electron chi connectivity index (χ3n) is 3.88. The summed E-state index contributed by atoms with van der Waals surface area (Å²) in [5.74, 6) is -0.832. The molecule has 1 N–H and O–H groups in total. The van der Waals surface area contributed by atoms with E-state index in [0.29, 0.717) is 5.39 Å². The maximum absolute atomic E-state index is 12.5. The third kappa shape index (κ3) is 3.97. The van der Waals surface area contributed by atoms with Gasteiger partial charge in [0, 0.05) is 10.3 Å². The zero-order chi connectivity index (χ0) is 18.5. The summed E-state index contributed by atoms with van der Waals surface area (Å²) < 4.78 is 5.81. The summed E-state index contributed by atoms with van der Waals surface area (Å²) in [5.41, 5.74) is -0.334. The predicted molar refractivity (Wildman–Crippen MR) is 97.8 cm³/mol. The van der Waals surface area contributed by atoms with E-state index in [2.05, 4.69) is 10.4 Å². The second kappa shape index (κ2) is 7.92. The van der Waals surface area contributed by atoms with Gasteiger partial charge in [0.05, 0.1) is 31.2 Å². The lowest BCUT2D eigenvalue weighted by molar-refractivity contribution is -0.141. The topological polar surface area (TPSA) is 90.3 Å². The number of nitrogens with one attached hydrogen (secondary N) is 1. The number of amides is 1. The van der Waals surface area contributed by atoms with E-state index in [1.165, 1.54) is 18.4 Å². The number of esters is 1. The molecular weight excluding hydrogens is 354 g/mol. The van der Waals surface area contributed by atoms with Crippen LogP contribution in [0.15, 0.2) is 52.8 Å². The SMILES string of the molecule is COC(=O)CC(NC(=O)Cn1ncc2ccccc2c1=O)c1cccs1. The fourth-order valence-electron chi connectivity index (χ4n) is 2.58. The minimum absolute atomic E-state index is 0.0167. The average molecular weight is 371 g/mol. The van der Waals surface area contributed by atoms with Gasteiger partial charge in [-0.3, -0.25) is 14.4 Å². The highest BCUT2D eigenvalue weighted by atomic mass is 32.1. The van der Waals surface area contributed by atoms with Crippen molar-refractivity contribution in [1.82, 2.24) is 15.1 Å². The molecule has 0 aliphatic rings. The first kappa shape index (κ1) is 17.8. The van der Waals surface area contributed by atoms with E-state index in [1.54, 1.807) is 24.4 Å². The summed E-state index contributed by atoms with van der Waals surface area (Å²) in [6.45, 7) is -0.229. The van der Waals surface area contributed by atoms with Crippen LogP contribution >= 0.6 is 11.3 Å². The van der Waals surface area contributed by atoms with E-state index in [-0.39, 0.29) is 18.5 Å². The van der Waals surface area contributed by atoms with E-state index in [1.807, 2.05) is 23.6 Å². The van der Waals surface area contributed by atoms with Crippen molar-refractivity contribution in [2.75, 3.05) is 7.11 Å². The molecule has 1 aromatic carbocycles. The fraction of sp³-hybridized carbons (Fsp3) is 0.222. The van der Waals surface area contributed by atoms with Crippen LogP contribution in [0, 0.1) is 0 Å². The van der Waals surface area contributed by atoms with Gasteiger partial charge >= 0.3 is 5.97 Å². The van der Waals surface area contributed by atoms with Crippen LogP contribution in [0.3, 0.4) is 0 Å². The fourth-order valence-corrected chi connectivity index (χ4v) is 3.36. The Bertz CT molecular complexity index is 982. The van der Waals surface area contributed by atoms with Gasteiger partial charge in [-0.25, -0.2) is 4.68 Å². The van der Waals surface area contributed by atoms with Crippen molar-refractivity contribution in [3.63, 3.8) is 0 Å². The van der Waals surface area contributed by atoms with Crippen molar-refractivity contribution in [2.45, 2.75) is 19.0 Å². The molecular formula is C18H17N3O4S. The van der Waals surface area contributed by atoms with E-state index in [0.717, 1.165) is 14.9 Å². The maximum Gasteiger partial charge on any atom is 0.307 e. The number of hydrogen-bond donors (Lipinski definition) is 1. The number of methoxy groups -OCH3 is 1. The largest absolute Gasteiger partial charge is 0.469 e. The monoisotopic (exact) mass is 371 g/mol. The number of nitrogens with zero attached hydrogens (tertiary/aromatic N) is 2. The van der Waals surface area contributed by atoms with Crippen molar-refractivity contribution in [3.8, 4) is 0 Å². The summed E-state index contributed by atoms with van der Waals surface area (Å²) >= 11 is 1.43. The smallest absolute Gasteiger partial charge is 0.307 e. The minimum Gasteiger partial charge on any atom is -0.469 e. The number of benzene rings is 1. The molecule has 3 aromatic rings. The van der Waals surface area contributed by atoms with Crippen molar-refractivity contribution in [3.05, 3.63) is 63.2 Å². The molecule has 3 rings (SSSR count). The third-order valence-corrected chi connectivity index (χ3v) is 4.86. The average Bonchev–Trinajstić information content (AvgIpc) is 3.18. The summed E-state index contributed by atoms with van der Waals surface area (Å²) in [7, 11) is 1.30. The van der Waals surface area contributed by atoms with Crippen LogP contribution in [0.5, 0.6) is 0 Å². The van der Waals surface area contributed by atoms with Gasteiger partial charge in [-0.15, -0.1) is 11.3 Å². The molecule has 0 aliphatic heterocycles. The molecule has 1 amide bonds. The highest BCUT2D eigenvalue weighted by Gasteiger charge is 2.20. The number of carbonyl (C=O) groups is 2. The van der Waals surface area contributed by atoms with Gasteiger partial charge in [0.1, 0.15) is 6.54 Å². The lowest BCUT2D eigenvalue weighted by atomic mass is 10.1. The molecule has 1 unspecified atom stereocenters. The highest BCUT2D eigenvalue weighted by molar-refractivity contribution is 7.10. The summed E-state index contributed by atoms with van der Waals surface area (Å²) in [4.78, 5) is 37.3. The van der Waals surface area contributed by atoms with Crippen LogP contribution in [-0.4, -0.2) is 28.8 Å². The Morgan fingerprint density at radius 1 is 1.27 bits per heavy atom. The van der Waals surface area contributed by atoms with Gasteiger partial charge in [-0.05, 0) is 17.5 Å². The Labute approximate surface area is 153 Å². The van der Waals surface area contributed by atoms with Crippen LogP contribution < -0.4 is 10.9 Å². The van der Waals surface area contributed by atoms with Crippen LogP contribution in [-0.2, 0) is 20.9 Å². The molecule has 2 aromatic heterocycles. The van der Waals surface area contributed by atoms with Crippen molar-refractivity contribution in [1.29, 1.82) is 0 Å². The molecule has 1 atom stereocenters. The van der Waals surface area contributed by atoms with Gasteiger partial charge in [-0.1, -0.05) is 24.3 Å². The highest BCUT2D eigenvalue weighted by Crippen LogP contribution is 2.22. The van der Waals surface area contributed by atoms with Gasteiger partial charge in [0.25, 0.3) is 5.56 Å². The first-order valence-electron chi connectivity index (χ1n) is 7.93. The van der Waals surface area contributed by atoms with Crippen molar-refractivity contribution >= 4 is 34.0 Å². The maximum atomic E-state index is 12.5. The summed E-state index contributed by atoms with van der Waals surface area (Å²) in [6, 6.07) is 10.2. The molecule has 26 heavy (non-hydrogen) atoms. The van der Waals surface area contributed by atoms with Crippen LogP contribution in [0.1, 0.15) is 17.3 Å². The van der Waals surface area contributed by atoms with Gasteiger partial charge in [0.2, 0.25) is 5.91 Å². The second-order valence-electron chi connectivity index (χ2n) is 5.61. The number of fused-ring (bicyclic) bond motifs is 1. The van der Waals surface area contributed by atoms with Crippen LogP contribution in [0.25, 0.3) is 10.8 Å². The molecule has 8 heteroatoms. The molecule has 0 radical (unpaired) electrons. The molecule has 0 fully saturated rings. The molecule has 0 saturated carbocycles. The number of carbonyl (C=O) groups excluding carboxylic acids is 2. The molecule has 7 nitrogen and oxygen atoms in total.